The van der Waals surface area contributed by atoms with E-state index in [9.17, 15) is 0 Å². The number of rotatable bonds is 0. The Morgan fingerprint density at radius 3 is 0.667 bits per heavy atom. The van der Waals surface area contributed by atoms with Crippen LogP contribution in [0.2, 0.25) is 0 Å². The maximum absolute atomic E-state index is 8.52. The second-order valence-electron chi connectivity index (χ2n) is 0.816. The van der Waals surface area contributed by atoms with E-state index in [1.807, 2.05) is 0 Å². The van der Waals surface area contributed by atoms with E-state index in [0.29, 0.717) is 0 Å². The summed E-state index contributed by atoms with van der Waals surface area (Å²) in [6, 6.07) is 0. The van der Waals surface area contributed by atoms with Crippen molar-refractivity contribution < 1.29 is 54.5 Å². The molecule has 0 aliphatic heterocycles. The van der Waals surface area contributed by atoms with E-state index < -0.39 is 20.8 Å². The Kier molecular flexibility index (Phi) is 16.8. The first-order valence-electron chi connectivity index (χ1n) is 1.33. The molecule has 0 aromatic rings. The minimum atomic E-state index is -5.17. The number of hydrogen-bond donors (Lipinski definition) is 0. The van der Waals surface area contributed by atoms with Crippen LogP contribution in [0.1, 0.15) is 0 Å². The summed E-state index contributed by atoms with van der Waals surface area (Å²) in [7, 11) is -10.3. The first-order chi connectivity index (χ1) is 4.00. The van der Waals surface area contributed by atoms with Crippen LogP contribution in [0.5, 0.6) is 0 Å². The summed E-state index contributed by atoms with van der Waals surface area (Å²) in [6.45, 7) is 0. The standard InChI is InChI=1S/Mg.2H2O4S.Zn/c;2*1-5(2,3)4;/h;2*(H2,1,2,3,4);/q+2;;;+2/p-4. The zero-order chi connectivity index (χ0) is 9.00. The van der Waals surface area contributed by atoms with Crippen molar-refractivity contribution in [3.8, 4) is 0 Å². The van der Waals surface area contributed by atoms with Crippen LogP contribution in [0.3, 0.4) is 0 Å². The molecule has 12 heavy (non-hydrogen) atoms. The van der Waals surface area contributed by atoms with Crippen LogP contribution in [0.4, 0.5) is 0 Å². The van der Waals surface area contributed by atoms with Gasteiger partial charge in [-0.05, 0) is 0 Å². The van der Waals surface area contributed by atoms with E-state index >= 15 is 0 Å². The number of hydrogen-bond acceptors (Lipinski definition) is 8. The van der Waals surface area contributed by atoms with Crippen molar-refractivity contribution >= 4 is 43.9 Å². The van der Waals surface area contributed by atoms with E-state index in [1.165, 1.54) is 0 Å². The molecular weight excluding hydrogens is 282 g/mol. The van der Waals surface area contributed by atoms with Crippen molar-refractivity contribution in [3.05, 3.63) is 0 Å². The predicted octanol–water partition coefficient (Wildman–Crippen LogP) is -3.06. The summed E-state index contributed by atoms with van der Waals surface area (Å²) in [5, 5.41) is 0. The van der Waals surface area contributed by atoms with Crippen LogP contribution in [-0.4, -0.2) is 58.1 Å². The third kappa shape index (κ3) is 895. The first-order valence-corrected chi connectivity index (χ1v) is 4.00. The van der Waals surface area contributed by atoms with Crippen LogP contribution in [0, 0.1) is 0 Å². The average molecular weight is 282 g/mol. The van der Waals surface area contributed by atoms with Crippen molar-refractivity contribution in [1.29, 1.82) is 0 Å². The van der Waals surface area contributed by atoms with Gasteiger partial charge in [0, 0.05) is 20.8 Å². The monoisotopic (exact) mass is 280 g/mol. The van der Waals surface area contributed by atoms with Crippen LogP contribution in [-0.2, 0) is 40.3 Å². The first kappa shape index (κ1) is 23.2. The van der Waals surface area contributed by atoms with Gasteiger partial charge in [0.15, 0.2) is 0 Å². The summed E-state index contributed by atoms with van der Waals surface area (Å²) in [5.74, 6) is 0. The molecule has 0 unspecified atom stereocenters. The van der Waals surface area contributed by atoms with Crippen molar-refractivity contribution in [1.82, 2.24) is 0 Å². The molecule has 0 aliphatic carbocycles. The second-order valence-corrected chi connectivity index (χ2v) is 2.45. The van der Waals surface area contributed by atoms with Gasteiger partial charge in [0.05, 0.1) is 0 Å². The van der Waals surface area contributed by atoms with Crippen LogP contribution in [0.25, 0.3) is 0 Å². The Morgan fingerprint density at radius 1 is 0.667 bits per heavy atom. The van der Waals surface area contributed by atoms with Gasteiger partial charge < -0.3 is 18.2 Å². The third-order valence-electron chi connectivity index (χ3n) is 0. The van der Waals surface area contributed by atoms with Gasteiger partial charge in [0.1, 0.15) is 0 Å². The third-order valence-corrected chi connectivity index (χ3v) is 0. The van der Waals surface area contributed by atoms with Gasteiger partial charge in [-0.25, -0.2) is 0 Å². The van der Waals surface area contributed by atoms with Gasteiger partial charge in [-0.15, -0.1) is 0 Å². The molecule has 0 rings (SSSR count). The topological polar surface area (TPSA) is 161 Å². The molecule has 0 heterocycles. The van der Waals surface area contributed by atoms with Crippen molar-refractivity contribution in [2.75, 3.05) is 0 Å². The van der Waals surface area contributed by atoms with E-state index in [1.54, 1.807) is 0 Å². The second kappa shape index (κ2) is 8.72. The molecule has 0 fully saturated rings. The fourth-order valence-electron chi connectivity index (χ4n) is 0. The fourth-order valence-corrected chi connectivity index (χ4v) is 0. The molecule has 12 heteroatoms. The zero-order valence-corrected chi connectivity index (χ0v) is 11.5. The molecule has 0 N–H and O–H groups in total. The Bertz CT molecular complexity index is 213. The zero-order valence-electron chi connectivity index (χ0n) is 5.50. The molecule has 64 valence electrons. The van der Waals surface area contributed by atoms with Crippen LogP contribution in [0.15, 0.2) is 0 Å². The van der Waals surface area contributed by atoms with E-state index in [2.05, 4.69) is 0 Å². The molecule has 8 nitrogen and oxygen atoms in total. The molecule has 0 amide bonds. The maximum atomic E-state index is 8.52. The fraction of sp³-hybridized carbons (Fsp3) is 0. The quantitative estimate of drug-likeness (QED) is 0.257. The molecule has 0 radical (unpaired) electrons. The van der Waals surface area contributed by atoms with Gasteiger partial charge in [-0.3, -0.25) is 16.8 Å². The molecule has 0 atom stereocenters. The van der Waals surface area contributed by atoms with Gasteiger partial charge in [0.2, 0.25) is 0 Å². The minimum Gasteiger partial charge on any atom is -0.759 e. The molecule has 0 spiro atoms. The van der Waals surface area contributed by atoms with Gasteiger partial charge in [-0.2, -0.15) is 0 Å². The Labute approximate surface area is 97.8 Å². The molecule has 0 aliphatic rings. The molecule has 0 aromatic carbocycles. The smallest absolute Gasteiger partial charge is 0.759 e. The SMILES string of the molecule is O=S(=O)([O-])[O-].O=S(=O)([O-])[O-].[Mg+2].[Zn+2]. The Morgan fingerprint density at radius 2 is 0.667 bits per heavy atom. The van der Waals surface area contributed by atoms with E-state index in [-0.39, 0.29) is 42.5 Å². The van der Waals surface area contributed by atoms with Crippen molar-refractivity contribution in [3.63, 3.8) is 0 Å². The molecule has 0 aromatic heterocycles. The average Bonchev–Trinajstić information content (AvgIpc) is 1.12. The normalized spacial score (nSPS) is 9.67. The van der Waals surface area contributed by atoms with Crippen molar-refractivity contribution in [2.45, 2.75) is 0 Å². The molecular formula is MgO8S2Zn. The summed E-state index contributed by atoms with van der Waals surface area (Å²) >= 11 is 0. The molecule has 0 bridgehead atoms. The summed E-state index contributed by atoms with van der Waals surface area (Å²) < 4.78 is 68.2. The van der Waals surface area contributed by atoms with Gasteiger partial charge in [-0.1, -0.05) is 0 Å². The van der Waals surface area contributed by atoms with Crippen LogP contribution >= 0.6 is 0 Å². The Balaban J connectivity index is -0.0000000457. The van der Waals surface area contributed by atoms with Gasteiger partial charge >= 0.3 is 42.5 Å². The largest absolute Gasteiger partial charge is 2.00 e. The van der Waals surface area contributed by atoms with Crippen molar-refractivity contribution in [2.24, 2.45) is 0 Å². The molecule has 0 saturated heterocycles. The Hall–Kier alpha value is 1.13. The van der Waals surface area contributed by atoms with Gasteiger partial charge in [0.25, 0.3) is 0 Å². The minimum absolute atomic E-state index is 0. The summed E-state index contributed by atoms with van der Waals surface area (Å²) in [5.41, 5.74) is 0. The van der Waals surface area contributed by atoms with E-state index in [0.717, 1.165) is 0 Å². The van der Waals surface area contributed by atoms with E-state index in [4.69, 9.17) is 35.0 Å². The van der Waals surface area contributed by atoms with Crippen LogP contribution < -0.4 is 0 Å². The summed E-state index contributed by atoms with van der Waals surface area (Å²) in [4.78, 5) is 0. The summed E-state index contributed by atoms with van der Waals surface area (Å²) in [6.07, 6.45) is 0. The predicted molar refractivity (Wildman–Crippen MR) is 26.7 cm³/mol. The molecule has 0 saturated carbocycles. The maximum Gasteiger partial charge on any atom is 2.00 e.